The monoisotopic (exact) mass is 177 g/mol. The van der Waals surface area contributed by atoms with Crippen LogP contribution in [-0.4, -0.2) is 0 Å². The van der Waals surface area contributed by atoms with Crippen LogP contribution < -0.4 is 0 Å². The summed E-state index contributed by atoms with van der Waals surface area (Å²) in [5.74, 6) is 0. The van der Waals surface area contributed by atoms with Crippen LogP contribution in [-0.2, 0) is 0 Å². The second kappa shape index (κ2) is 10.7. The third kappa shape index (κ3) is 13.7. The zero-order valence-corrected chi connectivity index (χ0v) is 8.77. The van der Waals surface area contributed by atoms with Gasteiger partial charge in [-0.05, 0) is 18.9 Å². The molecule has 0 saturated carbocycles. The highest BCUT2D eigenvalue weighted by Gasteiger charge is 1.85. The molecule has 0 unspecified atom stereocenters. The molecule has 0 aromatic heterocycles. The summed E-state index contributed by atoms with van der Waals surface area (Å²) < 4.78 is 0. The van der Waals surface area contributed by atoms with Crippen molar-refractivity contribution < 1.29 is 0 Å². The fraction of sp³-hybridized carbons (Fsp3) is 0.417. The van der Waals surface area contributed by atoms with E-state index in [1.807, 2.05) is 12.1 Å². The molecule has 0 aliphatic heterocycles. The van der Waals surface area contributed by atoms with Crippen molar-refractivity contribution >= 4 is 0 Å². The van der Waals surface area contributed by atoms with E-state index in [1.165, 1.54) is 19.3 Å². The Morgan fingerprint density at radius 2 is 2.00 bits per heavy atom. The Hall–Kier alpha value is -1.29. The molecule has 0 aromatic carbocycles. The van der Waals surface area contributed by atoms with E-state index in [-0.39, 0.29) is 0 Å². The van der Waals surface area contributed by atoms with E-state index < -0.39 is 0 Å². The molecule has 0 N–H and O–H groups in total. The summed E-state index contributed by atoms with van der Waals surface area (Å²) in [6, 6.07) is 1.87. The summed E-state index contributed by atoms with van der Waals surface area (Å²) in [7, 11) is 0. The highest BCUT2D eigenvalue weighted by molar-refractivity contribution is 5.35. The van der Waals surface area contributed by atoms with Gasteiger partial charge in [-0.15, -0.1) is 6.58 Å². The van der Waals surface area contributed by atoms with Gasteiger partial charge in [-0.1, -0.05) is 39.0 Å². The van der Waals surface area contributed by atoms with Gasteiger partial charge >= 0.3 is 0 Å². The Bertz CT molecular complexity index is 206. The van der Waals surface area contributed by atoms with Crippen LogP contribution in [0, 0.1) is 11.3 Å². The first-order valence-electron chi connectivity index (χ1n) is 4.45. The Balaban J connectivity index is 0. The molecule has 0 bridgehead atoms. The number of allylic oxidation sites excluding steroid dienone is 3. The SMILES string of the molecule is C=C(C)C(=C)C#N.C=CCCCC. The molecule has 1 nitrogen and oxygen atoms in total. The molecular formula is C12H19N. The van der Waals surface area contributed by atoms with Crippen LogP contribution in [0.5, 0.6) is 0 Å². The van der Waals surface area contributed by atoms with Crippen LogP contribution in [0.4, 0.5) is 0 Å². The molecule has 13 heavy (non-hydrogen) atoms. The molecule has 0 rings (SSSR count). The summed E-state index contributed by atoms with van der Waals surface area (Å²) in [5, 5.41) is 8.09. The third-order valence-corrected chi connectivity index (χ3v) is 1.41. The number of hydrogen-bond acceptors (Lipinski definition) is 1. The summed E-state index contributed by atoms with van der Waals surface area (Å²) in [4.78, 5) is 0. The minimum atomic E-state index is 0.458. The molecule has 0 saturated heterocycles. The van der Waals surface area contributed by atoms with E-state index in [4.69, 9.17) is 5.26 Å². The lowest BCUT2D eigenvalue weighted by Crippen LogP contribution is -1.71. The lowest BCUT2D eigenvalue weighted by atomic mass is 10.2. The maximum Gasteiger partial charge on any atom is 0.0987 e. The molecule has 0 aliphatic carbocycles. The van der Waals surface area contributed by atoms with Crippen molar-refractivity contribution in [2.75, 3.05) is 0 Å². The van der Waals surface area contributed by atoms with Crippen molar-refractivity contribution in [3.63, 3.8) is 0 Å². The van der Waals surface area contributed by atoms with E-state index in [1.54, 1.807) is 6.92 Å². The van der Waals surface area contributed by atoms with E-state index >= 15 is 0 Å². The molecule has 0 spiro atoms. The zero-order chi connectivity index (χ0) is 10.7. The van der Waals surface area contributed by atoms with Gasteiger partial charge in [0.15, 0.2) is 0 Å². The molecular weight excluding hydrogens is 158 g/mol. The number of unbranched alkanes of at least 4 members (excludes halogenated alkanes) is 2. The first-order valence-corrected chi connectivity index (χ1v) is 4.45. The predicted molar refractivity (Wildman–Crippen MR) is 59.3 cm³/mol. The van der Waals surface area contributed by atoms with Crippen molar-refractivity contribution in [3.8, 4) is 6.07 Å². The molecule has 72 valence electrons. The number of hydrogen-bond donors (Lipinski definition) is 0. The van der Waals surface area contributed by atoms with Gasteiger partial charge in [-0.2, -0.15) is 5.26 Å². The number of nitrogens with zero attached hydrogens (tertiary/aromatic N) is 1. The smallest absolute Gasteiger partial charge is 0.0987 e. The molecule has 0 fully saturated rings. The van der Waals surface area contributed by atoms with Gasteiger partial charge in [0.25, 0.3) is 0 Å². The van der Waals surface area contributed by atoms with Crippen molar-refractivity contribution in [2.45, 2.75) is 33.1 Å². The quantitative estimate of drug-likeness (QED) is 0.275. The van der Waals surface area contributed by atoms with Crippen LogP contribution in [0.3, 0.4) is 0 Å². The zero-order valence-electron chi connectivity index (χ0n) is 8.77. The second-order valence-electron chi connectivity index (χ2n) is 2.80. The lowest BCUT2D eigenvalue weighted by molar-refractivity contribution is 0.816. The van der Waals surface area contributed by atoms with Gasteiger partial charge in [0.05, 0.1) is 6.07 Å². The first-order chi connectivity index (χ1) is 6.09. The average Bonchev–Trinajstić information content (AvgIpc) is 2.14. The Labute approximate surface area is 82.1 Å². The van der Waals surface area contributed by atoms with Gasteiger partial charge in [0.1, 0.15) is 0 Å². The van der Waals surface area contributed by atoms with Crippen LogP contribution in [0.15, 0.2) is 37.0 Å². The highest BCUT2D eigenvalue weighted by Crippen LogP contribution is 1.98. The number of nitriles is 1. The normalized spacial score (nSPS) is 7.46. The Kier molecular flexibility index (Phi) is 11.7. The molecule has 1 heteroatoms. The minimum absolute atomic E-state index is 0.458. The average molecular weight is 177 g/mol. The lowest BCUT2D eigenvalue weighted by Gasteiger charge is -1.84. The van der Waals surface area contributed by atoms with Crippen molar-refractivity contribution in [1.29, 1.82) is 5.26 Å². The van der Waals surface area contributed by atoms with Crippen molar-refractivity contribution in [3.05, 3.63) is 37.0 Å². The predicted octanol–water partition coefficient (Wildman–Crippen LogP) is 4.00. The van der Waals surface area contributed by atoms with Crippen molar-refractivity contribution in [2.24, 2.45) is 0 Å². The Morgan fingerprint density at radius 3 is 2.08 bits per heavy atom. The summed E-state index contributed by atoms with van der Waals surface area (Å²) in [5.41, 5.74) is 1.20. The highest BCUT2D eigenvalue weighted by atomic mass is 14.2. The second-order valence-corrected chi connectivity index (χ2v) is 2.80. The third-order valence-electron chi connectivity index (χ3n) is 1.41. The van der Waals surface area contributed by atoms with Crippen LogP contribution in [0.2, 0.25) is 0 Å². The standard InChI is InChI=1S/C6H7N.C6H12/c1-5(2)6(3)4-7;1-3-5-6-4-2/h1,3H2,2H3;3H,1,4-6H2,2H3. The van der Waals surface area contributed by atoms with E-state index in [0.717, 1.165) is 5.57 Å². The molecule has 0 amide bonds. The minimum Gasteiger partial charge on any atom is -0.192 e. The van der Waals surface area contributed by atoms with Gasteiger partial charge in [-0.3, -0.25) is 0 Å². The summed E-state index contributed by atoms with van der Waals surface area (Å²) >= 11 is 0. The fourth-order valence-electron chi connectivity index (χ4n) is 0.444. The molecule has 0 radical (unpaired) electrons. The van der Waals surface area contributed by atoms with Gasteiger partial charge in [0, 0.05) is 5.57 Å². The Morgan fingerprint density at radius 1 is 1.46 bits per heavy atom. The molecule has 0 aromatic rings. The van der Waals surface area contributed by atoms with Gasteiger partial charge < -0.3 is 0 Å². The van der Waals surface area contributed by atoms with E-state index in [9.17, 15) is 0 Å². The van der Waals surface area contributed by atoms with E-state index in [2.05, 4.69) is 26.7 Å². The maximum atomic E-state index is 8.09. The first kappa shape index (κ1) is 14.2. The van der Waals surface area contributed by atoms with Crippen LogP contribution in [0.1, 0.15) is 33.1 Å². The van der Waals surface area contributed by atoms with Crippen molar-refractivity contribution in [1.82, 2.24) is 0 Å². The van der Waals surface area contributed by atoms with E-state index in [0.29, 0.717) is 5.57 Å². The van der Waals surface area contributed by atoms with Gasteiger partial charge in [-0.25, -0.2) is 0 Å². The number of rotatable bonds is 4. The fourth-order valence-corrected chi connectivity index (χ4v) is 0.444. The summed E-state index contributed by atoms with van der Waals surface area (Å²) in [6.07, 6.45) is 5.72. The molecule has 0 heterocycles. The largest absolute Gasteiger partial charge is 0.192 e. The van der Waals surface area contributed by atoms with Crippen LogP contribution in [0.25, 0.3) is 0 Å². The maximum absolute atomic E-state index is 8.09. The summed E-state index contributed by atoms with van der Waals surface area (Å²) in [6.45, 7) is 14.5. The molecule has 0 aliphatic rings. The van der Waals surface area contributed by atoms with Gasteiger partial charge in [0.2, 0.25) is 0 Å². The topological polar surface area (TPSA) is 23.8 Å². The van der Waals surface area contributed by atoms with Crippen LogP contribution >= 0.6 is 0 Å². The molecule has 0 atom stereocenters.